The van der Waals surface area contributed by atoms with Gasteiger partial charge in [0.15, 0.2) is 5.96 Å². The summed E-state index contributed by atoms with van der Waals surface area (Å²) in [7, 11) is 0. The van der Waals surface area contributed by atoms with Gasteiger partial charge >= 0.3 is 6.18 Å². The van der Waals surface area contributed by atoms with Crippen molar-refractivity contribution in [3.05, 3.63) is 0 Å². The van der Waals surface area contributed by atoms with Gasteiger partial charge in [0, 0.05) is 18.6 Å². The summed E-state index contributed by atoms with van der Waals surface area (Å²) < 4.78 is 37.9. The number of alkyl halides is 3. The highest BCUT2D eigenvalue weighted by molar-refractivity contribution is 5.78. The lowest BCUT2D eigenvalue weighted by molar-refractivity contribution is -0.187. The van der Waals surface area contributed by atoms with Gasteiger partial charge in [-0.05, 0) is 44.7 Å². The van der Waals surface area contributed by atoms with Crippen molar-refractivity contribution in [2.24, 2.45) is 22.6 Å². The van der Waals surface area contributed by atoms with E-state index in [9.17, 15) is 13.2 Å². The number of hydrogen-bond donors (Lipinski definition) is 2. The first-order chi connectivity index (χ1) is 10.3. The normalized spacial score (nSPS) is 28.7. The maximum absolute atomic E-state index is 12.6. The monoisotopic (exact) mass is 320 g/mol. The second-order valence-corrected chi connectivity index (χ2v) is 6.94. The van der Waals surface area contributed by atoms with Gasteiger partial charge in [0.25, 0.3) is 0 Å². The topological polar surface area (TPSA) is 53.6 Å². The first-order valence-electron chi connectivity index (χ1n) is 8.13. The molecule has 1 saturated carbocycles. The third-order valence-electron chi connectivity index (χ3n) is 4.60. The van der Waals surface area contributed by atoms with Gasteiger partial charge in [0.2, 0.25) is 0 Å². The number of piperidine rings is 1. The highest BCUT2D eigenvalue weighted by Crippen LogP contribution is 2.36. The third-order valence-corrected chi connectivity index (χ3v) is 4.60. The summed E-state index contributed by atoms with van der Waals surface area (Å²) in [6.07, 6.45) is -1.69. The SMILES string of the molecule is CC(C)CN=C(N)NC1CC(N2CCC(C(F)(F)F)CC2)C1. The van der Waals surface area contributed by atoms with Crippen LogP contribution in [0.15, 0.2) is 4.99 Å². The predicted molar refractivity (Wildman–Crippen MR) is 81.6 cm³/mol. The van der Waals surface area contributed by atoms with Gasteiger partial charge in [-0.2, -0.15) is 13.2 Å². The molecule has 1 heterocycles. The van der Waals surface area contributed by atoms with E-state index in [0.717, 1.165) is 12.8 Å². The smallest absolute Gasteiger partial charge is 0.370 e. The summed E-state index contributed by atoms with van der Waals surface area (Å²) in [5.74, 6) is -0.158. The van der Waals surface area contributed by atoms with Crippen LogP contribution in [0.3, 0.4) is 0 Å². The fraction of sp³-hybridized carbons (Fsp3) is 0.933. The number of likely N-dealkylation sites (tertiary alicyclic amines) is 1. The number of nitrogens with two attached hydrogens (primary N) is 1. The molecule has 0 radical (unpaired) electrons. The molecule has 0 atom stereocenters. The number of guanidine groups is 1. The molecule has 2 fully saturated rings. The average molecular weight is 320 g/mol. The minimum Gasteiger partial charge on any atom is -0.370 e. The van der Waals surface area contributed by atoms with Crippen LogP contribution in [-0.4, -0.2) is 48.8 Å². The molecule has 0 amide bonds. The number of hydrogen-bond acceptors (Lipinski definition) is 2. The first kappa shape index (κ1) is 17.4. The minimum atomic E-state index is -4.03. The fourth-order valence-electron chi connectivity index (χ4n) is 3.13. The standard InChI is InChI=1S/C15H27F3N4/c1-10(2)9-20-14(19)21-12-7-13(8-12)22-5-3-11(4-6-22)15(16,17)18/h10-13H,3-9H2,1-2H3,(H3,19,20,21). The summed E-state index contributed by atoms with van der Waals surface area (Å²) in [4.78, 5) is 6.46. The molecule has 0 aromatic heterocycles. The lowest BCUT2D eigenvalue weighted by Gasteiger charge is -2.46. The van der Waals surface area contributed by atoms with E-state index in [2.05, 4.69) is 29.1 Å². The molecular formula is C15H27F3N4. The molecule has 3 N–H and O–H groups in total. The number of nitrogens with one attached hydrogen (secondary N) is 1. The van der Waals surface area contributed by atoms with Gasteiger partial charge in [-0.25, -0.2) is 0 Å². The van der Waals surface area contributed by atoms with Crippen LogP contribution in [0.1, 0.15) is 39.5 Å². The van der Waals surface area contributed by atoms with Crippen LogP contribution in [0.2, 0.25) is 0 Å². The Kier molecular flexibility index (Phi) is 5.58. The minimum absolute atomic E-state index is 0.232. The van der Waals surface area contributed by atoms with E-state index in [-0.39, 0.29) is 12.8 Å². The Morgan fingerprint density at radius 1 is 1.27 bits per heavy atom. The highest BCUT2D eigenvalue weighted by Gasteiger charge is 2.43. The number of halogens is 3. The van der Waals surface area contributed by atoms with Crippen LogP contribution in [-0.2, 0) is 0 Å². The number of nitrogens with zero attached hydrogens (tertiary/aromatic N) is 2. The van der Waals surface area contributed by atoms with Crippen LogP contribution in [0, 0.1) is 11.8 Å². The number of rotatable bonds is 4. The molecule has 4 nitrogen and oxygen atoms in total. The average Bonchev–Trinajstić information content (AvgIpc) is 2.39. The van der Waals surface area contributed by atoms with E-state index >= 15 is 0 Å². The maximum Gasteiger partial charge on any atom is 0.391 e. The van der Waals surface area contributed by atoms with Crippen LogP contribution in [0.25, 0.3) is 0 Å². The van der Waals surface area contributed by atoms with Crippen molar-refractivity contribution < 1.29 is 13.2 Å². The zero-order valence-electron chi connectivity index (χ0n) is 13.4. The van der Waals surface area contributed by atoms with Crippen LogP contribution < -0.4 is 11.1 Å². The molecule has 128 valence electrons. The van der Waals surface area contributed by atoms with Crippen molar-refractivity contribution in [1.82, 2.24) is 10.2 Å². The summed E-state index contributed by atoms with van der Waals surface area (Å²) in [5, 5.41) is 3.19. The van der Waals surface area contributed by atoms with Crippen molar-refractivity contribution in [3.8, 4) is 0 Å². The summed E-state index contributed by atoms with van der Waals surface area (Å²) in [6, 6.07) is 0.700. The van der Waals surface area contributed by atoms with Crippen molar-refractivity contribution in [2.45, 2.75) is 57.8 Å². The van der Waals surface area contributed by atoms with E-state index < -0.39 is 12.1 Å². The van der Waals surface area contributed by atoms with Crippen molar-refractivity contribution in [3.63, 3.8) is 0 Å². The highest BCUT2D eigenvalue weighted by atomic mass is 19.4. The zero-order chi connectivity index (χ0) is 16.3. The lowest BCUT2D eigenvalue weighted by atomic mass is 9.83. The molecule has 1 aliphatic carbocycles. The largest absolute Gasteiger partial charge is 0.391 e. The molecule has 22 heavy (non-hydrogen) atoms. The molecule has 2 rings (SSSR count). The fourth-order valence-corrected chi connectivity index (χ4v) is 3.13. The van der Waals surface area contributed by atoms with Crippen molar-refractivity contribution in [1.29, 1.82) is 0 Å². The summed E-state index contributed by atoms with van der Waals surface area (Å²) in [5.41, 5.74) is 5.82. The predicted octanol–water partition coefficient (Wildman–Crippen LogP) is 2.35. The molecule has 7 heteroatoms. The second-order valence-electron chi connectivity index (χ2n) is 6.94. The third kappa shape index (κ3) is 4.76. The lowest BCUT2D eigenvalue weighted by Crippen LogP contribution is -2.57. The van der Waals surface area contributed by atoms with Crippen molar-refractivity contribution >= 4 is 5.96 Å². The number of aliphatic imine (C=N–C) groups is 1. The summed E-state index contributed by atoms with van der Waals surface area (Å²) >= 11 is 0. The Labute approximate surface area is 130 Å². The molecule has 0 bridgehead atoms. The van der Waals surface area contributed by atoms with Gasteiger partial charge < -0.3 is 16.0 Å². The summed E-state index contributed by atoms with van der Waals surface area (Å²) in [6.45, 7) is 5.98. The molecule has 0 spiro atoms. The van der Waals surface area contributed by atoms with E-state index in [4.69, 9.17) is 5.73 Å². The van der Waals surface area contributed by atoms with Crippen molar-refractivity contribution in [2.75, 3.05) is 19.6 Å². The zero-order valence-corrected chi connectivity index (χ0v) is 13.4. The van der Waals surface area contributed by atoms with E-state index in [1.54, 1.807) is 0 Å². The van der Waals surface area contributed by atoms with Crippen LogP contribution in [0.4, 0.5) is 13.2 Å². The molecule has 0 unspecified atom stereocenters. The Morgan fingerprint density at radius 2 is 1.86 bits per heavy atom. The molecule has 0 aromatic rings. The van der Waals surface area contributed by atoms with Crippen LogP contribution in [0.5, 0.6) is 0 Å². The molecule has 2 aliphatic rings. The molecule has 1 saturated heterocycles. The van der Waals surface area contributed by atoms with Gasteiger partial charge in [0.1, 0.15) is 0 Å². The van der Waals surface area contributed by atoms with Gasteiger partial charge in [-0.15, -0.1) is 0 Å². The van der Waals surface area contributed by atoms with E-state index in [0.29, 0.717) is 43.6 Å². The quantitative estimate of drug-likeness (QED) is 0.617. The van der Waals surface area contributed by atoms with Gasteiger partial charge in [0.05, 0.1) is 5.92 Å². The van der Waals surface area contributed by atoms with Gasteiger partial charge in [-0.3, -0.25) is 4.99 Å². The Bertz CT molecular complexity index is 381. The Hall–Kier alpha value is -0.980. The molecule has 0 aromatic carbocycles. The molecular weight excluding hydrogens is 293 g/mol. The van der Waals surface area contributed by atoms with E-state index in [1.807, 2.05) is 0 Å². The Balaban J connectivity index is 1.67. The maximum atomic E-state index is 12.6. The Morgan fingerprint density at radius 3 is 2.36 bits per heavy atom. The van der Waals surface area contributed by atoms with Gasteiger partial charge in [-0.1, -0.05) is 13.8 Å². The first-order valence-corrected chi connectivity index (χ1v) is 8.13. The second kappa shape index (κ2) is 7.06. The van der Waals surface area contributed by atoms with Crippen LogP contribution >= 0.6 is 0 Å². The van der Waals surface area contributed by atoms with E-state index in [1.165, 1.54) is 0 Å². The molecule has 1 aliphatic heterocycles.